The van der Waals surface area contributed by atoms with Gasteiger partial charge in [-0.05, 0) is 18.2 Å². The number of anilines is 1. The molecule has 18 heavy (non-hydrogen) atoms. The minimum atomic E-state index is -1.28. The summed E-state index contributed by atoms with van der Waals surface area (Å²) in [7, 11) is 0. The van der Waals surface area contributed by atoms with Crippen LogP contribution in [0.25, 0.3) is 0 Å². The number of hydrogen-bond donors (Lipinski definition) is 3. The summed E-state index contributed by atoms with van der Waals surface area (Å²) in [6.45, 7) is -1.36. The SMILES string of the molecule is Nc1cccc(C(=O)N(CC(=O)O)CC(=O)O)c1. The molecule has 0 saturated carbocycles. The fraction of sp³-hybridized carbons (Fsp3) is 0.182. The van der Waals surface area contributed by atoms with Crippen LogP contribution < -0.4 is 5.73 Å². The van der Waals surface area contributed by atoms with Crippen LogP contribution in [0.3, 0.4) is 0 Å². The lowest BCUT2D eigenvalue weighted by molar-refractivity contribution is -0.140. The molecule has 0 aromatic heterocycles. The van der Waals surface area contributed by atoms with Gasteiger partial charge in [-0.15, -0.1) is 0 Å². The van der Waals surface area contributed by atoms with Gasteiger partial charge >= 0.3 is 11.9 Å². The fourth-order valence-electron chi connectivity index (χ4n) is 1.38. The number of aliphatic carboxylic acids is 2. The Kier molecular flexibility index (Phi) is 4.25. The Labute approximate surface area is 102 Å². The lowest BCUT2D eigenvalue weighted by atomic mass is 10.1. The van der Waals surface area contributed by atoms with Crippen molar-refractivity contribution in [2.75, 3.05) is 18.8 Å². The third-order valence-corrected chi connectivity index (χ3v) is 2.07. The van der Waals surface area contributed by atoms with Gasteiger partial charge in [0.15, 0.2) is 0 Å². The molecule has 96 valence electrons. The van der Waals surface area contributed by atoms with Crippen LogP contribution in [0.15, 0.2) is 24.3 Å². The fourth-order valence-corrected chi connectivity index (χ4v) is 1.38. The zero-order valence-corrected chi connectivity index (χ0v) is 9.37. The van der Waals surface area contributed by atoms with Crippen LogP contribution in [0.4, 0.5) is 5.69 Å². The van der Waals surface area contributed by atoms with Crippen LogP contribution in [0.5, 0.6) is 0 Å². The third-order valence-electron chi connectivity index (χ3n) is 2.07. The second kappa shape index (κ2) is 5.67. The monoisotopic (exact) mass is 252 g/mol. The van der Waals surface area contributed by atoms with Crippen molar-refractivity contribution in [1.29, 1.82) is 0 Å². The summed E-state index contributed by atoms with van der Waals surface area (Å²) >= 11 is 0. The average molecular weight is 252 g/mol. The molecule has 1 aromatic carbocycles. The maximum Gasteiger partial charge on any atom is 0.323 e. The van der Waals surface area contributed by atoms with E-state index in [0.29, 0.717) is 5.69 Å². The quantitative estimate of drug-likeness (QED) is 0.628. The molecule has 1 amide bonds. The number of carboxylic acid groups (broad SMARTS) is 2. The lowest BCUT2D eigenvalue weighted by Crippen LogP contribution is -2.39. The summed E-state index contributed by atoms with van der Waals surface area (Å²) < 4.78 is 0. The molecule has 0 fully saturated rings. The lowest BCUT2D eigenvalue weighted by Gasteiger charge is -2.18. The number of nitrogens with zero attached hydrogens (tertiary/aromatic N) is 1. The van der Waals surface area contributed by atoms with E-state index in [1.54, 1.807) is 6.07 Å². The topological polar surface area (TPSA) is 121 Å². The number of rotatable bonds is 5. The van der Waals surface area contributed by atoms with Crippen LogP contribution in [0.2, 0.25) is 0 Å². The summed E-state index contributed by atoms with van der Waals surface area (Å²) in [5, 5.41) is 17.3. The van der Waals surface area contributed by atoms with Gasteiger partial charge in [0.05, 0.1) is 0 Å². The van der Waals surface area contributed by atoms with Crippen LogP contribution in [0, 0.1) is 0 Å². The molecule has 0 aliphatic heterocycles. The van der Waals surface area contributed by atoms with Crippen LogP contribution in [-0.2, 0) is 9.59 Å². The standard InChI is InChI=1S/C11H12N2O5/c12-8-3-1-2-7(4-8)11(18)13(5-9(14)15)6-10(16)17/h1-4H,5-6,12H2,(H,14,15)(H,16,17). The van der Waals surface area contributed by atoms with Crippen LogP contribution in [0.1, 0.15) is 10.4 Å². The molecule has 0 aliphatic carbocycles. The zero-order chi connectivity index (χ0) is 13.7. The van der Waals surface area contributed by atoms with Crippen molar-refractivity contribution in [2.45, 2.75) is 0 Å². The number of benzene rings is 1. The Hall–Kier alpha value is -2.57. The average Bonchev–Trinajstić information content (AvgIpc) is 2.26. The molecule has 0 unspecified atom stereocenters. The normalized spacial score (nSPS) is 9.78. The van der Waals surface area contributed by atoms with Crippen LogP contribution in [-0.4, -0.2) is 46.0 Å². The molecule has 0 heterocycles. The van der Waals surface area contributed by atoms with Gasteiger partial charge in [-0.3, -0.25) is 14.4 Å². The smallest absolute Gasteiger partial charge is 0.323 e. The number of nitrogen functional groups attached to an aromatic ring is 1. The van der Waals surface area contributed by atoms with Gasteiger partial charge in [0.25, 0.3) is 5.91 Å². The van der Waals surface area contributed by atoms with E-state index in [0.717, 1.165) is 4.90 Å². The van der Waals surface area contributed by atoms with E-state index < -0.39 is 30.9 Å². The number of carboxylic acids is 2. The molecular formula is C11H12N2O5. The van der Waals surface area contributed by atoms with E-state index in [9.17, 15) is 14.4 Å². The maximum absolute atomic E-state index is 11.9. The number of nitrogens with two attached hydrogens (primary N) is 1. The number of carbonyl (C=O) groups is 3. The molecule has 0 saturated heterocycles. The number of hydrogen-bond acceptors (Lipinski definition) is 4. The van der Waals surface area contributed by atoms with Gasteiger partial charge in [-0.2, -0.15) is 0 Å². The van der Waals surface area contributed by atoms with Gasteiger partial charge in [0.1, 0.15) is 13.1 Å². The van der Waals surface area contributed by atoms with Gasteiger partial charge < -0.3 is 20.8 Å². The van der Waals surface area contributed by atoms with Crippen molar-refractivity contribution in [1.82, 2.24) is 4.90 Å². The first-order valence-electron chi connectivity index (χ1n) is 4.98. The highest BCUT2D eigenvalue weighted by Crippen LogP contribution is 2.09. The molecule has 0 atom stereocenters. The minimum absolute atomic E-state index is 0.150. The van der Waals surface area contributed by atoms with Crippen molar-refractivity contribution < 1.29 is 24.6 Å². The van der Waals surface area contributed by atoms with Gasteiger partial charge in [-0.1, -0.05) is 6.07 Å². The number of carbonyl (C=O) groups excluding carboxylic acids is 1. The predicted octanol–water partition coefficient (Wildman–Crippen LogP) is -0.120. The largest absolute Gasteiger partial charge is 0.480 e. The summed E-state index contributed by atoms with van der Waals surface area (Å²) in [4.78, 5) is 33.8. The first-order chi connectivity index (χ1) is 8.40. The highest BCUT2D eigenvalue weighted by molar-refractivity contribution is 5.98. The molecule has 7 heteroatoms. The molecule has 4 N–H and O–H groups in total. The zero-order valence-electron chi connectivity index (χ0n) is 9.37. The van der Waals surface area contributed by atoms with E-state index in [-0.39, 0.29) is 5.56 Å². The van der Waals surface area contributed by atoms with Gasteiger partial charge in [0, 0.05) is 11.3 Å². The maximum atomic E-state index is 11.9. The summed E-state index contributed by atoms with van der Waals surface area (Å²) in [5.74, 6) is -3.26. The molecule has 1 aromatic rings. The summed E-state index contributed by atoms with van der Waals surface area (Å²) in [6, 6.07) is 5.90. The number of amides is 1. The van der Waals surface area contributed by atoms with Crippen molar-refractivity contribution >= 4 is 23.5 Å². The Bertz CT molecular complexity index is 470. The summed E-state index contributed by atoms with van der Waals surface area (Å²) in [6.07, 6.45) is 0. The van der Waals surface area contributed by atoms with Gasteiger partial charge in [-0.25, -0.2) is 0 Å². The van der Waals surface area contributed by atoms with Crippen molar-refractivity contribution in [2.24, 2.45) is 0 Å². The van der Waals surface area contributed by atoms with Crippen molar-refractivity contribution in [3.63, 3.8) is 0 Å². The summed E-state index contributed by atoms with van der Waals surface area (Å²) in [5.41, 5.74) is 5.99. The Morgan fingerprint density at radius 2 is 1.67 bits per heavy atom. The highest BCUT2D eigenvalue weighted by Gasteiger charge is 2.21. The first kappa shape index (κ1) is 13.5. The van der Waals surface area contributed by atoms with E-state index in [2.05, 4.69) is 0 Å². The van der Waals surface area contributed by atoms with Gasteiger partial charge in [0.2, 0.25) is 0 Å². The molecule has 0 aliphatic rings. The van der Waals surface area contributed by atoms with E-state index >= 15 is 0 Å². The molecule has 0 spiro atoms. The predicted molar refractivity (Wildman–Crippen MR) is 62.0 cm³/mol. The molecule has 1 rings (SSSR count). The minimum Gasteiger partial charge on any atom is -0.480 e. The molecule has 7 nitrogen and oxygen atoms in total. The second-order valence-electron chi connectivity index (χ2n) is 3.57. The van der Waals surface area contributed by atoms with Crippen LogP contribution >= 0.6 is 0 Å². The Morgan fingerprint density at radius 1 is 1.11 bits per heavy atom. The van der Waals surface area contributed by atoms with Crippen molar-refractivity contribution in [3.8, 4) is 0 Å². The molecule has 0 bridgehead atoms. The van der Waals surface area contributed by atoms with E-state index in [4.69, 9.17) is 15.9 Å². The Morgan fingerprint density at radius 3 is 2.11 bits per heavy atom. The van der Waals surface area contributed by atoms with E-state index in [1.165, 1.54) is 18.2 Å². The molecule has 0 radical (unpaired) electrons. The van der Waals surface area contributed by atoms with E-state index in [1.807, 2.05) is 0 Å². The first-order valence-corrected chi connectivity index (χ1v) is 4.98. The Balaban J connectivity index is 2.94. The molecular weight excluding hydrogens is 240 g/mol. The van der Waals surface area contributed by atoms with Crippen molar-refractivity contribution in [3.05, 3.63) is 29.8 Å². The third kappa shape index (κ3) is 3.78. The highest BCUT2D eigenvalue weighted by atomic mass is 16.4. The second-order valence-corrected chi connectivity index (χ2v) is 3.57.